The summed E-state index contributed by atoms with van der Waals surface area (Å²) >= 11 is 0. The van der Waals surface area contributed by atoms with E-state index in [0.717, 1.165) is 0 Å². The smallest absolute Gasteiger partial charge is 0.187 e. The van der Waals surface area contributed by atoms with Crippen LogP contribution in [0.15, 0.2) is 30.6 Å². The Kier molecular flexibility index (Phi) is 4.02. The minimum atomic E-state index is -0.604. The molecule has 1 fully saturated rings. The number of nitrogens with zero attached hydrogens (tertiary/aromatic N) is 3. The standard InChI is InChI=1S/C16H17F2N3O/c1-2-13-15(18)16(20-9-19-13)21-8-12(22)7-14(21)10-4-3-5-11(17)6-10/h3-6,9,12,14,22H,2,7-8H2,1H3/t12-,14-/m0/s1. The van der Waals surface area contributed by atoms with E-state index in [1.165, 1.54) is 18.5 Å². The molecule has 0 aliphatic carbocycles. The highest BCUT2D eigenvalue weighted by atomic mass is 19.1. The molecule has 4 nitrogen and oxygen atoms in total. The van der Waals surface area contributed by atoms with Crippen LogP contribution in [-0.2, 0) is 6.42 Å². The molecule has 1 aromatic carbocycles. The van der Waals surface area contributed by atoms with Crippen molar-refractivity contribution in [2.75, 3.05) is 11.4 Å². The molecule has 22 heavy (non-hydrogen) atoms. The lowest BCUT2D eigenvalue weighted by atomic mass is 10.0. The second-order valence-corrected chi connectivity index (χ2v) is 5.42. The van der Waals surface area contributed by atoms with Gasteiger partial charge in [-0.25, -0.2) is 18.7 Å². The highest BCUT2D eigenvalue weighted by Crippen LogP contribution is 2.36. The maximum atomic E-state index is 14.5. The molecule has 0 amide bonds. The van der Waals surface area contributed by atoms with Crippen LogP contribution in [-0.4, -0.2) is 27.7 Å². The van der Waals surface area contributed by atoms with Gasteiger partial charge in [-0.2, -0.15) is 0 Å². The van der Waals surface area contributed by atoms with Gasteiger partial charge < -0.3 is 10.0 Å². The maximum absolute atomic E-state index is 14.5. The molecule has 2 heterocycles. The van der Waals surface area contributed by atoms with Crippen LogP contribution < -0.4 is 4.90 Å². The first kappa shape index (κ1) is 14.8. The predicted molar refractivity (Wildman–Crippen MR) is 78.5 cm³/mol. The van der Waals surface area contributed by atoms with Crippen molar-refractivity contribution in [3.05, 3.63) is 53.5 Å². The first-order valence-electron chi connectivity index (χ1n) is 7.29. The fraction of sp³-hybridized carbons (Fsp3) is 0.375. The van der Waals surface area contributed by atoms with Crippen LogP contribution in [0, 0.1) is 11.6 Å². The van der Waals surface area contributed by atoms with Crippen molar-refractivity contribution in [2.45, 2.75) is 31.9 Å². The molecule has 0 saturated carbocycles. The largest absolute Gasteiger partial charge is 0.391 e. The van der Waals surface area contributed by atoms with Gasteiger partial charge in [0.2, 0.25) is 0 Å². The summed E-state index contributed by atoms with van der Waals surface area (Å²) in [4.78, 5) is 9.65. The van der Waals surface area contributed by atoms with Crippen molar-refractivity contribution in [3.63, 3.8) is 0 Å². The number of halogens is 2. The van der Waals surface area contributed by atoms with Gasteiger partial charge in [0.15, 0.2) is 11.6 Å². The monoisotopic (exact) mass is 305 g/mol. The molecule has 1 N–H and O–H groups in total. The number of hydrogen-bond donors (Lipinski definition) is 1. The van der Waals surface area contributed by atoms with E-state index in [1.54, 1.807) is 17.0 Å². The summed E-state index contributed by atoms with van der Waals surface area (Å²) in [6.45, 7) is 2.08. The minimum Gasteiger partial charge on any atom is -0.391 e. The molecule has 2 aromatic rings. The van der Waals surface area contributed by atoms with Crippen molar-refractivity contribution >= 4 is 5.82 Å². The SMILES string of the molecule is CCc1ncnc(N2C[C@@H](O)C[C@H]2c2cccc(F)c2)c1F. The summed E-state index contributed by atoms with van der Waals surface area (Å²) < 4.78 is 28.0. The Morgan fingerprint density at radius 3 is 2.86 bits per heavy atom. The zero-order chi connectivity index (χ0) is 15.7. The van der Waals surface area contributed by atoms with Gasteiger partial charge in [0.25, 0.3) is 0 Å². The van der Waals surface area contributed by atoms with Gasteiger partial charge in [0.05, 0.1) is 17.8 Å². The molecule has 0 unspecified atom stereocenters. The van der Waals surface area contributed by atoms with Crippen molar-refractivity contribution in [3.8, 4) is 0 Å². The highest BCUT2D eigenvalue weighted by molar-refractivity contribution is 5.46. The number of anilines is 1. The van der Waals surface area contributed by atoms with E-state index in [0.29, 0.717) is 24.1 Å². The molecule has 1 aliphatic rings. The Morgan fingerprint density at radius 2 is 2.14 bits per heavy atom. The fourth-order valence-electron chi connectivity index (χ4n) is 2.92. The first-order valence-corrected chi connectivity index (χ1v) is 7.29. The summed E-state index contributed by atoms with van der Waals surface area (Å²) in [5.41, 5.74) is 1.04. The number of aromatic nitrogens is 2. The van der Waals surface area contributed by atoms with Crippen LogP contribution in [0.2, 0.25) is 0 Å². The second-order valence-electron chi connectivity index (χ2n) is 5.42. The van der Waals surface area contributed by atoms with Gasteiger partial charge >= 0.3 is 0 Å². The lowest BCUT2D eigenvalue weighted by Gasteiger charge is -2.26. The molecule has 0 spiro atoms. The Morgan fingerprint density at radius 1 is 1.32 bits per heavy atom. The van der Waals surface area contributed by atoms with Crippen molar-refractivity contribution in [1.82, 2.24) is 9.97 Å². The number of aliphatic hydroxyl groups excluding tert-OH is 1. The molecule has 116 valence electrons. The van der Waals surface area contributed by atoms with E-state index in [-0.39, 0.29) is 24.2 Å². The maximum Gasteiger partial charge on any atom is 0.187 e. The van der Waals surface area contributed by atoms with E-state index >= 15 is 0 Å². The molecular formula is C16H17F2N3O. The minimum absolute atomic E-state index is 0.165. The summed E-state index contributed by atoms with van der Waals surface area (Å²) in [5.74, 6) is -0.658. The predicted octanol–water partition coefficient (Wildman–Crippen LogP) is 2.63. The van der Waals surface area contributed by atoms with Crippen LogP contribution in [0.3, 0.4) is 0 Å². The van der Waals surface area contributed by atoms with Crippen molar-refractivity contribution in [2.24, 2.45) is 0 Å². The molecule has 6 heteroatoms. The van der Waals surface area contributed by atoms with Crippen LogP contribution in [0.5, 0.6) is 0 Å². The van der Waals surface area contributed by atoms with Crippen LogP contribution in [0.25, 0.3) is 0 Å². The lowest BCUT2D eigenvalue weighted by molar-refractivity contribution is 0.194. The molecule has 1 aromatic heterocycles. The van der Waals surface area contributed by atoms with E-state index in [2.05, 4.69) is 9.97 Å². The number of aryl methyl sites for hydroxylation is 1. The van der Waals surface area contributed by atoms with Crippen molar-refractivity contribution < 1.29 is 13.9 Å². The van der Waals surface area contributed by atoms with Gasteiger partial charge in [-0.3, -0.25) is 0 Å². The summed E-state index contributed by atoms with van der Waals surface area (Å²) in [6, 6.07) is 5.86. The Hall–Kier alpha value is -2.08. The fourth-order valence-corrected chi connectivity index (χ4v) is 2.92. The average Bonchev–Trinajstić information content (AvgIpc) is 2.89. The number of β-amino-alcohol motifs (C(OH)–C–C–N with tert-alkyl or cyclic N) is 1. The lowest BCUT2D eigenvalue weighted by Crippen LogP contribution is -2.27. The number of hydrogen-bond acceptors (Lipinski definition) is 4. The molecule has 0 radical (unpaired) electrons. The van der Waals surface area contributed by atoms with E-state index in [4.69, 9.17) is 0 Å². The Bertz CT molecular complexity index is 680. The van der Waals surface area contributed by atoms with Crippen LogP contribution in [0.1, 0.15) is 30.6 Å². The molecule has 1 saturated heterocycles. The normalized spacial score (nSPS) is 21.4. The third-order valence-corrected chi connectivity index (χ3v) is 3.96. The van der Waals surface area contributed by atoms with Gasteiger partial charge in [-0.1, -0.05) is 19.1 Å². The zero-order valence-electron chi connectivity index (χ0n) is 12.2. The van der Waals surface area contributed by atoms with Gasteiger partial charge in [-0.15, -0.1) is 0 Å². The molecule has 0 bridgehead atoms. The number of aliphatic hydroxyl groups is 1. The van der Waals surface area contributed by atoms with Crippen molar-refractivity contribution in [1.29, 1.82) is 0 Å². The third kappa shape index (κ3) is 2.66. The van der Waals surface area contributed by atoms with Crippen LogP contribution in [0.4, 0.5) is 14.6 Å². The molecule has 2 atom stereocenters. The summed E-state index contributed by atoms with van der Waals surface area (Å²) in [5, 5.41) is 9.98. The van der Waals surface area contributed by atoms with E-state index in [1.807, 2.05) is 6.92 Å². The molecule has 1 aliphatic heterocycles. The average molecular weight is 305 g/mol. The van der Waals surface area contributed by atoms with Gasteiger partial charge in [-0.05, 0) is 30.5 Å². The Balaban J connectivity index is 2.01. The van der Waals surface area contributed by atoms with Gasteiger partial charge in [0, 0.05) is 6.54 Å². The number of benzene rings is 1. The Labute approximate surface area is 127 Å². The van der Waals surface area contributed by atoms with E-state index < -0.39 is 11.9 Å². The summed E-state index contributed by atoms with van der Waals surface area (Å²) in [6.07, 6.45) is 1.59. The topological polar surface area (TPSA) is 49.2 Å². The van der Waals surface area contributed by atoms with Crippen LogP contribution >= 0.6 is 0 Å². The number of rotatable bonds is 3. The molecular weight excluding hydrogens is 288 g/mol. The highest BCUT2D eigenvalue weighted by Gasteiger charge is 2.35. The summed E-state index contributed by atoms with van der Waals surface area (Å²) in [7, 11) is 0. The quantitative estimate of drug-likeness (QED) is 0.947. The molecule has 3 rings (SSSR count). The van der Waals surface area contributed by atoms with E-state index in [9.17, 15) is 13.9 Å². The zero-order valence-corrected chi connectivity index (χ0v) is 12.2. The second kappa shape index (κ2) is 5.96. The third-order valence-electron chi connectivity index (χ3n) is 3.96. The van der Waals surface area contributed by atoms with Gasteiger partial charge in [0.1, 0.15) is 12.1 Å². The first-order chi connectivity index (χ1) is 10.6.